The Morgan fingerprint density at radius 2 is 1.38 bits per heavy atom. The smallest absolute Gasteiger partial charge is 0.335 e. The highest BCUT2D eigenvalue weighted by molar-refractivity contribution is 5.96. The van der Waals surface area contributed by atoms with Crippen molar-refractivity contribution in [2.45, 2.75) is 25.7 Å². The third-order valence-corrected chi connectivity index (χ3v) is 4.97. The third-order valence-electron chi connectivity index (χ3n) is 4.97. The van der Waals surface area contributed by atoms with Crippen molar-refractivity contribution in [3.8, 4) is 11.5 Å². The van der Waals surface area contributed by atoms with E-state index in [1.54, 1.807) is 0 Å². The number of hydrogen-bond acceptors (Lipinski definition) is 5. The number of para-hydroxylation sites is 1. The van der Waals surface area contributed by atoms with Crippen LogP contribution in [0.15, 0.2) is 78.9 Å². The van der Waals surface area contributed by atoms with Crippen LogP contribution >= 0.6 is 0 Å². The second kappa shape index (κ2) is 13.6. The van der Waals surface area contributed by atoms with Gasteiger partial charge in [0, 0.05) is 5.56 Å². The summed E-state index contributed by atoms with van der Waals surface area (Å²) in [5, 5.41) is 9.01. The molecule has 0 aromatic heterocycles. The van der Waals surface area contributed by atoms with Crippen LogP contribution in [0.25, 0.3) is 0 Å². The molecule has 0 aliphatic carbocycles. The van der Waals surface area contributed by atoms with Gasteiger partial charge in [-0.25, -0.2) is 10.3 Å². The lowest BCUT2D eigenvalue weighted by Crippen LogP contribution is -2.24. The van der Waals surface area contributed by atoms with Crippen LogP contribution in [0.3, 0.4) is 0 Å². The highest BCUT2D eigenvalue weighted by Crippen LogP contribution is 2.15. The maximum atomic E-state index is 12.1. The van der Waals surface area contributed by atoms with E-state index in [2.05, 4.69) is 5.48 Å². The van der Waals surface area contributed by atoms with Crippen LogP contribution in [0.4, 0.5) is 0 Å². The maximum absolute atomic E-state index is 12.1. The fourth-order valence-electron chi connectivity index (χ4n) is 3.21. The van der Waals surface area contributed by atoms with Crippen LogP contribution in [0, 0.1) is 0 Å². The molecule has 2 N–H and O–H groups in total. The number of aryl methyl sites for hydroxylation is 1. The molecule has 0 saturated carbocycles. The van der Waals surface area contributed by atoms with Crippen molar-refractivity contribution >= 4 is 11.9 Å². The average Bonchev–Trinajstić information content (AvgIpc) is 2.86. The molecular weight excluding hydrogens is 434 g/mol. The molecule has 0 fully saturated rings. The summed E-state index contributed by atoms with van der Waals surface area (Å²) < 4.78 is 11.5. The van der Waals surface area contributed by atoms with Crippen LogP contribution in [0.2, 0.25) is 0 Å². The summed E-state index contributed by atoms with van der Waals surface area (Å²) in [4.78, 5) is 28.3. The van der Waals surface area contributed by atoms with Crippen LogP contribution < -0.4 is 15.0 Å². The number of hydrogen-bond donors (Lipinski definition) is 2. The van der Waals surface area contributed by atoms with E-state index in [1.807, 2.05) is 54.6 Å². The second-order valence-corrected chi connectivity index (χ2v) is 7.63. The Bertz CT molecular complexity index is 1050. The first-order valence-electron chi connectivity index (χ1n) is 11.3. The summed E-state index contributed by atoms with van der Waals surface area (Å²) in [5.41, 5.74) is 3.75. The number of carbonyl (C=O) groups excluding carboxylic acids is 1. The number of benzene rings is 3. The Kier molecular flexibility index (Phi) is 9.95. The van der Waals surface area contributed by atoms with Crippen molar-refractivity contribution in [2.24, 2.45) is 0 Å². The number of nitrogens with one attached hydrogen (secondary N) is 1. The van der Waals surface area contributed by atoms with Gasteiger partial charge < -0.3 is 14.6 Å². The van der Waals surface area contributed by atoms with Gasteiger partial charge in [-0.2, -0.15) is 0 Å². The van der Waals surface area contributed by atoms with Gasteiger partial charge in [0.25, 0.3) is 5.91 Å². The molecule has 0 unspecified atom stereocenters. The van der Waals surface area contributed by atoms with Gasteiger partial charge in [-0.05, 0) is 73.7 Å². The summed E-state index contributed by atoms with van der Waals surface area (Å²) in [7, 11) is 0. The van der Waals surface area contributed by atoms with Gasteiger partial charge in [0.05, 0.1) is 25.4 Å². The second-order valence-electron chi connectivity index (χ2n) is 7.63. The van der Waals surface area contributed by atoms with E-state index in [4.69, 9.17) is 19.4 Å². The fourth-order valence-corrected chi connectivity index (χ4v) is 3.21. The zero-order valence-corrected chi connectivity index (χ0v) is 18.9. The summed E-state index contributed by atoms with van der Waals surface area (Å²) >= 11 is 0. The highest BCUT2D eigenvalue weighted by Gasteiger charge is 2.09. The standard InChI is InChI=1S/C27H29NO6/c29-26(22-11-7-12-23(20-22)27(30)31)28-34-18-8-10-21-9-6-15-25(19-21)33-17-5-4-16-32-24-13-2-1-3-14-24/h1-3,6-7,9,11-15,19-20H,4-5,8,10,16-18H2,(H,28,29)(H,30,31). The molecule has 1 amide bonds. The summed E-state index contributed by atoms with van der Waals surface area (Å²) in [6, 6.07) is 23.5. The van der Waals surface area contributed by atoms with E-state index < -0.39 is 11.9 Å². The van der Waals surface area contributed by atoms with Gasteiger partial charge in [0.15, 0.2) is 0 Å². The topological polar surface area (TPSA) is 94.1 Å². The van der Waals surface area contributed by atoms with Crippen LogP contribution in [-0.2, 0) is 11.3 Å². The monoisotopic (exact) mass is 463 g/mol. The molecule has 178 valence electrons. The molecule has 7 nitrogen and oxygen atoms in total. The number of rotatable bonds is 14. The van der Waals surface area contributed by atoms with Crippen LogP contribution in [0.1, 0.15) is 45.5 Å². The van der Waals surface area contributed by atoms with Crippen molar-refractivity contribution in [2.75, 3.05) is 19.8 Å². The minimum atomic E-state index is -1.08. The molecule has 0 radical (unpaired) electrons. The van der Waals surface area contributed by atoms with Crippen LogP contribution in [-0.4, -0.2) is 36.8 Å². The van der Waals surface area contributed by atoms with Gasteiger partial charge in [-0.15, -0.1) is 0 Å². The summed E-state index contributed by atoms with van der Waals surface area (Å²) in [6.45, 7) is 1.62. The predicted octanol–water partition coefficient (Wildman–Crippen LogP) is 4.92. The van der Waals surface area contributed by atoms with Crippen molar-refractivity contribution in [1.82, 2.24) is 5.48 Å². The average molecular weight is 464 g/mol. The van der Waals surface area contributed by atoms with Crippen LogP contribution in [0.5, 0.6) is 11.5 Å². The Labute approximate surface area is 199 Å². The van der Waals surface area contributed by atoms with Crippen molar-refractivity contribution < 1.29 is 29.0 Å². The number of carboxylic acids is 1. The molecule has 34 heavy (non-hydrogen) atoms. The number of unbranched alkanes of at least 4 members (excludes halogenated alkanes) is 1. The quantitative estimate of drug-likeness (QED) is 0.260. The van der Waals surface area contributed by atoms with E-state index in [9.17, 15) is 9.59 Å². The van der Waals surface area contributed by atoms with Gasteiger partial charge in [0.1, 0.15) is 11.5 Å². The highest BCUT2D eigenvalue weighted by atomic mass is 16.6. The Morgan fingerprint density at radius 1 is 0.706 bits per heavy atom. The minimum Gasteiger partial charge on any atom is -0.494 e. The molecule has 7 heteroatoms. The molecule has 0 aliphatic heterocycles. The maximum Gasteiger partial charge on any atom is 0.335 e. The molecule has 3 aromatic rings. The van der Waals surface area contributed by atoms with Gasteiger partial charge >= 0.3 is 5.97 Å². The Morgan fingerprint density at radius 3 is 2.15 bits per heavy atom. The number of hydroxylamine groups is 1. The van der Waals surface area contributed by atoms with Crippen molar-refractivity contribution in [3.05, 3.63) is 95.6 Å². The fraction of sp³-hybridized carbons (Fsp3) is 0.259. The number of carboxylic acid groups (broad SMARTS) is 1. The zero-order chi connectivity index (χ0) is 24.0. The Hall–Kier alpha value is -3.84. The lowest BCUT2D eigenvalue weighted by Gasteiger charge is -2.09. The molecule has 0 bridgehead atoms. The first kappa shape index (κ1) is 24.8. The van der Waals surface area contributed by atoms with E-state index >= 15 is 0 Å². The van der Waals surface area contributed by atoms with Crippen molar-refractivity contribution in [3.63, 3.8) is 0 Å². The first-order chi connectivity index (χ1) is 16.6. The number of aromatic carboxylic acids is 1. The molecule has 3 aromatic carbocycles. The van der Waals surface area contributed by atoms with E-state index in [0.717, 1.165) is 36.3 Å². The lowest BCUT2D eigenvalue weighted by atomic mass is 10.1. The zero-order valence-electron chi connectivity index (χ0n) is 18.9. The van der Waals surface area contributed by atoms with E-state index in [0.29, 0.717) is 26.2 Å². The lowest BCUT2D eigenvalue weighted by molar-refractivity contribution is 0.0304. The van der Waals surface area contributed by atoms with E-state index in [1.165, 1.54) is 24.3 Å². The molecule has 3 rings (SSSR count). The molecule has 0 aliphatic rings. The molecule has 0 heterocycles. The van der Waals surface area contributed by atoms with Gasteiger partial charge in [-0.1, -0.05) is 36.4 Å². The van der Waals surface area contributed by atoms with Gasteiger partial charge in [0.2, 0.25) is 0 Å². The predicted molar refractivity (Wildman–Crippen MR) is 128 cm³/mol. The van der Waals surface area contributed by atoms with E-state index in [-0.39, 0.29) is 11.1 Å². The number of carbonyl (C=O) groups is 2. The minimum absolute atomic E-state index is 0.0512. The first-order valence-corrected chi connectivity index (χ1v) is 11.3. The number of amides is 1. The van der Waals surface area contributed by atoms with Crippen molar-refractivity contribution in [1.29, 1.82) is 0 Å². The Balaban J connectivity index is 1.29. The number of ether oxygens (including phenoxy) is 2. The molecule has 0 atom stereocenters. The largest absolute Gasteiger partial charge is 0.494 e. The molecule has 0 saturated heterocycles. The normalized spacial score (nSPS) is 10.5. The summed E-state index contributed by atoms with van der Waals surface area (Å²) in [5.74, 6) is 0.146. The SMILES string of the molecule is O=C(O)c1cccc(C(=O)NOCCCc2cccc(OCCCCOc3ccccc3)c2)c1. The molecular formula is C27H29NO6. The summed E-state index contributed by atoms with van der Waals surface area (Å²) in [6.07, 6.45) is 3.29. The third kappa shape index (κ3) is 8.60. The molecule has 0 spiro atoms. The van der Waals surface area contributed by atoms with Gasteiger partial charge in [-0.3, -0.25) is 9.63 Å².